The second-order valence-corrected chi connectivity index (χ2v) is 5.64. The molecule has 3 aromatic rings. The van der Waals surface area contributed by atoms with Gasteiger partial charge in [-0.1, -0.05) is 30.3 Å². The van der Waals surface area contributed by atoms with Crippen molar-refractivity contribution in [1.29, 1.82) is 0 Å². The maximum absolute atomic E-state index is 5.46. The van der Waals surface area contributed by atoms with Crippen molar-refractivity contribution in [1.82, 2.24) is 15.0 Å². The maximum atomic E-state index is 5.46. The minimum Gasteiger partial charge on any atom is -0.378 e. The summed E-state index contributed by atoms with van der Waals surface area (Å²) in [6.07, 6.45) is 3.60. The fraction of sp³-hybridized carbons (Fsp3) is 0.211. The molecule has 1 fully saturated rings. The number of pyridine rings is 1. The van der Waals surface area contributed by atoms with Crippen LogP contribution in [0.2, 0.25) is 0 Å². The summed E-state index contributed by atoms with van der Waals surface area (Å²) < 4.78 is 5.46. The SMILES string of the molecule is c1ccc(-c2nc(-c3cccnc3)cc(N3CCOCC3)n2)cc1. The number of ether oxygens (including phenoxy) is 1. The molecule has 4 rings (SSSR count). The lowest BCUT2D eigenvalue weighted by atomic mass is 10.1. The molecule has 0 unspecified atom stereocenters. The van der Waals surface area contributed by atoms with Crippen LogP contribution in [0.15, 0.2) is 60.9 Å². The van der Waals surface area contributed by atoms with E-state index in [1.807, 2.05) is 54.7 Å². The molecular formula is C19H18N4O. The fourth-order valence-corrected chi connectivity index (χ4v) is 2.77. The Bertz CT molecular complexity index is 744. The largest absolute Gasteiger partial charge is 0.378 e. The van der Waals surface area contributed by atoms with E-state index in [1.165, 1.54) is 0 Å². The Morgan fingerprint density at radius 2 is 1.67 bits per heavy atom. The van der Waals surface area contributed by atoms with Crippen molar-refractivity contribution in [2.45, 2.75) is 0 Å². The smallest absolute Gasteiger partial charge is 0.162 e. The van der Waals surface area contributed by atoms with Crippen LogP contribution in [-0.2, 0) is 4.74 Å². The van der Waals surface area contributed by atoms with Crippen molar-refractivity contribution in [3.05, 3.63) is 60.9 Å². The molecule has 0 spiro atoms. The highest BCUT2D eigenvalue weighted by atomic mass is 16.5. The Hall–Kier alpha value is -2.79. The summed E-state index contributed by atoms with van der Waals surface area (Å²) in [6, 6.07) is 16.1. The fourth-order valence-electron chi connectivity index (χ4n) is 2.77. The number of rotatable bonds is 3. The predicted molar refractivity (Wildman–Crippen MR) is 93.7 cm³/mol. The lowest BCUT2D eigenvalue weighted by Gasteiger charge is -2.28. The summed E-state index contributed by atoms with van der Waals surface area (Å²) in [4.78, 5) is 16.0. The molecule has 24 heavy (non-hydrogen) atoms. The standard InChI is InChI=1S/C19H18N4O/c1-2-5-15(6-3-1)19-21-17(16-7-4-8-20-14-16)13-18(22-19)23-9-11-24-12-10-23/h1-8,13-14H,9-12H2. The third-order valence-corrected chi connectivity index (χ3v) is 4.04. The van der Waals surface area contributed by atoms with Crippen LogP contribution in [0.5, 0.6) is 0 Å². The topological polar surface area (TPSA) is 51.1 Å². The summed E-state index contributed by atoms with van der Waals surface area (Å²) in [7, 11) is 0. The molecule has 0 amide bonds. The molecule has 0 N–H and O–H groups in total. The maximum Gasteiger partial charge on any atom is 0.162 e. The van der Waals surface area contributed by atoms with Crippen LogP contribution in [0.1, 0.15) is 0 Å². The monoisotopic (exact) mass is 318 g/mol. The van der Waals surface area contributed by atoms with E-state index >= 15 is 0 Å². The molecule has 120 valence electrons. The van der Waals surface area contributed by atoms with Gasteiger partial charge in [0.05, 0.1) is 18.9 Å². The van der Waals surface area contributed by atoms with Gasteiger partial charge in [-0.3, -0.25) is 4.98 Å². The Labute approximate surface area is 141 Å². The van der Waals surface area contributed by atoms with Gasteiger partial charge in [0.1, 0.15) is 5.82 Å². The zero-order valence-electron chi connectivity index (χ0n) is 13.3. The normalized spacial score (nSPS) is 14.6. The number of anilines is 1. The van der Waals surface area contributed by atoms with Crippen molar-refractivity contribution in [3.63, 3.8) is 0 Å². The highest BCUT2D eigenvalue weighted by Gasteiger charge is 2.16. The van der Waals surface area contributed by atoms with E-state index in [1.54, 1.807) is 6.20 Å². The van der Waals surface area contributed by atoms with Crippen LogP contribution >= 0.6 is 0 Å². The molecular weight excluding hydrogens is 300 g/mol. The van der Waals surface area contributed by atoms with Crippen molar-refractivity contribution in [2.75, 3.05) is 31.2 Å². The molecule has 1 saturated heterocycles. The highest BCUT2D eigenvalue weighted by molar-refractivity contribution is 5.67. The van der Waals surface area contributed by atoms with Crippen LogP contribution in [0.4, 0.5) is 5.82 Å². The van der Waals surface area contributed by atoms with Gasteiger partial charge >= 0.3 is 0 Å². The molecule has 5 nitrogen and oxygen atoms in total. The van der Waals surface area contributed by atoms with Crippen molar-refractivity contribution >= 4 is 5.82 Å². The summed E-state index contributed by atoms with van der Waals surface area (Å²) >= 11 is 0. The predicted octanol–water partition coefficient (Wildman–Crippen LogP) is 3.04. The molecule has 1 aliphatic rings. The quantitative estimate of drug-likeness (QED) is 0.743. The number of nitrogens with zero attached hydrogens (tertiary/aromatic N) is 4. The number of benzene rings is 1. The molecule has 5 heteroatoms. The first kappa shape index (κ1) is 14.8. The van der Waals surface area contributed by atoms with Gasteiger partial charge in [-0.05, 0) is 12.1 Å². The van der Waals surface area contributed by atoms with Gasteiger partial charge in [-0.25, -0.2) is 9.97 Å². The van der Waals surface area contributed by atoms with Crippen LogP contribution in [-0.4, -0.2) is 41.3 Å². The summed E-state index contributed by atoms with van der Waals surface area (Å²) in [5.41, 5.74) is 2.89. The molecule has 0 radical (unpaired) electrons. The number of hydrogen-bond acceptors (Lipinski definition) is 5. The second-order valence-electron chi connectivity index (χ2n) is 5.64. The van der Waals surface area contributed by atoms with Gasteiger partial charge in [-0.2, -0.15) is 0 Å². The molecule has 3 heterocycles. The highest BCUT2D eigenvalue weighted by Crippen LogP contribution is 2.26. The number of morpholine rings is 1. The summed E-state index contributed by atoms with van der Waals surface area (Å²) in [5.74, 6) is 1.67. The van der Waals surface area contributed by atoms with E-state index in [0.29, 0.717) is 0 Å². The Morgan fingerprint density at radius 3 is 2.42 bits per heavy atom. The van der Waals surface area contributed by atoms with Gasteiger partial charge in [0.2, 0.25) is 0 Å². The molecule has 0 saturated carbocycles. The molecule has 2 aromatic heterocycles. The Balaban J connectivity index is 1.81. The third-order valence-electron chi connectivity index (χ3n) is 4.04. The average Bonchev–Trinajstić information content (AvgIpc) is 2.70. The van der Waals surface area contributed by atoms with E-state index in [-0.39, 0.29) is 0 Å². The molecule has 1 aliphatic heterocycles. The molecule has 0 atom stereocenters. The minimum atomic E-state index is 0.729. The van der Waals surface area contributed by atoms with Gasteiger partial charge in [0.25, 0.3) is 0 Å². The van der Waals surface area contributed by atoms with Crippen LogP contribution in [0.3, 0.4) is 0 Å². The first-order valence-electron chi connectivity index (χ1n) is 8.08. The van der Waals surface area contributed by atoms with Crippen LogP contribution < -0.4 is 4.90 Å². The Morgan fingerprint density at radius 1 is 0.875 bits per heavy atom. The van der Waals surface area contributed by atoms with Crippen molar-refractivity contribution in [3.8, 4) is 22.6 Å². The summed E-state index contributed by atoms with van der Waals surface area (Å²) in [5, 5.41) is 0. The number of aromatic nitrogens is 3. The van der Waals surface area contributed by atoms with Gasteiger partial charge in [0, 0.05) is 42.7 Å². The lowest BCUT2D eigenvalue weighted by molar-refractivity contribution is 0.122. The third kappa shape index (κ3) is 3.12. The van der Waals surface area contributed by atoms with Gasteiger partial charge in [0.15, 0.2) is 5.82 Å². The first-order valence-corrected chi connectivity index (χ1v) is 8.08. The Kier molecular flexibility index (Phi) is 4.16. The molecule has 1 aromatic carbocycles. The van der Waals surface area contributed by atoms with E-state index in [0.717, 1.165) is 54.8 Å². The van der Waals surface area contributed by atoms with Gasteiger partial charge < -0.3 is 9.64 Å². The van der Waals surface area contributed by atoms with Crippen LogP contribution in [0.25, 0.3) is 22.6 Å². The minimum absolute atomic E-state index is 0.729. The number of hydrogen-bond donors (Lipinski definition) is 0. The van der Waals surface area contributed by atoms with Gasteiger partial charge in [-0.15, -0.1) is 0 Å². The van der Waals surface area contributed by atoms with E-state index in [9.17, 15) is 0 Å². The van der Waals surface area contributed by atoms with Crippen LogP contribution in [0, 0.1) is 0 Å². The lowest BCUT2D eigenvalue weighted by Crippen LogP contribution is -2.36. The zero-order chi connectivity index (χ0) is 16.2. The van der Waals surface area contributed by atoms with E-state index in [2.05, 4.69) is 9.88 Å². The van der Waals surface area contributed by atoms with Crippen molar-refractivity contribution < 1.29 is 4.74 Å². The van der Waals surface area contributed by atoms with E-state index in [4.69, 9.17) is 14.7 Å². The first-order chi connectivity index (χ1) is 11.9. The second kappa shape index (κ2) is 6.76. The zero-order valence-corrected chi connectivity index (χ0v) is 13.3. The average molecular weight is 318 g/mol. The summed E-state index contributed by atoms with van der Waals surface area (Å²) in [6.45, 7) is 3.15. The van der Waals surface area contributed by atoms with E-state index < -0.39 is 0 Å². The van der Waals surface area contributed by atoms with Crippen molar-refractivity contribution in [2.24, 2.45) is 0 Å². The molecule has 0 bridgehead atoms. The molecule has 0 aliphatic carbocycles.